The van der Waals surface area contributed by atoms with Crippen LogP contribution in [-0.4, -0.2) is 22.8 Å². The van der Waals surface area contributed by atoms with Gasteiger partial charge >= 0.3 is 11.9 Å². The number of carbonyl (C=O) groups is 3. The van der Waals surface area contributed by atoms with E-state index in [1.807, 2.05) is 0 Å². The molecule has 0 saturated heterocycles. The fourth-order valence-corrected chi connectivity index (χ4v) is 2.77. The highest BCUT2D eigenvalue weighted by Gasteiger charge is 2.43. The molecule has 0 aliphatic carbocycles. The molecule has 1 heterocycles. The van der Waals surface area contributed by atoms with Crippen molar-refractivity contribution in [3.8, 4) is 0 Å². The summed E-state index contributed by atoms with van der Waals surface area (Å²) in [6, 6.07) is 12.2. The Hall–Kier alpha value is -2.95. The van der Waals surface area contributed by atoms with Crippen molar-refractivity contribution in [2.24, 2.45) is 0 Å². The smallest absolute Gasteiger partial charge is 0.331 e. The van der Waals surface area contributed by atoms with E-state index in [0.29, 0.717) is 16.8 Å². The van der Waals surface area contributed by atoms with E-state index in [1.165, 1.54) is 0 Å². The second-order valence-electron chi connectivity index (χ2n) is 5.13. The van der Waals surface area contributed by atoms with Crippen molar-refractivity contribution < 1.29 is 19.5 Å². The van der Waals surface area contributed by atoms with Gasteiger partial charge in [0.05, 0.1) is 11.3 Å². The molecule has 0 spiro atoms. The van der Waals surface area contributed by atoms with Crippen molar-refractivity contribution in [2.75, 3.05) is 4.90 Å². The number of rotatable bonds is 3. The number of benzene rings is 2. The first-order valence-corrected chi connectivity index (χ1v) is 6.77. The topological polar surface area (TPSA) is 74.7 Å². The number of carboxylic acids is 1. The lowest BCUT2D eigenvalue weighted by atomic mass is 10.0. The molecule has 2 aromatic rings. The van der Waals surface area contributed by atoms with E-state index in [2.05, 4.69) is 0 Å². The standard InChI is InChI=1S/C17H13NO4/c1-10-6-5-9-12-13(10)18(16(20)15(12)19)14(17(21)22)11-7-3-2-4-8-11/h2-9,14H,1H3,(H,21,22). The predicted octanol–water partition coefficient (Wildman–Crippen LogP) is 2.35. The van der Waals surface area contributed by atoms with Gasteiger partial charge in [-0.25, -0.2) is 4.79 Å². The SMILES string of the molecule is Cc1cccc2c1N(C(C(=O)O)c1ccccc1)C(=O)C2=O. The molecular formula is C17H13NO4. The van der Waals surface area contributed by atoms with E-state index in [0.717, 1.165) is 4.90 Å². The van der Waals surface area contributed by atoms with Crippen LogP contribution in [0.1, 0.15) is 27.5 Å². The molecule has 1 amide bonds. The zero-order valence-corrected chi connectivity index (χ0v) is 11.8. The van der Waals surface area contributed by atoms with Crippen LogP contribution in [0.2, 0.25) is 0 Å². The molecule has 5 heteroatoms. The van der Waals surface area contributed by atoms with Crippen LogP contribution in [0.25, 0.3) is 0 Å². The van der Waals surface area contributed by atoms with Crippen molar-refractivity contribution in [3.63, 3.8) is 0 Å². The molecule has 1 aliphatic rings. The fraction of sp³-hybridized carbons (Fsp3) is 0.118. The van der Waals surface area contributed by atoms with Crippen LogP contribution in [0.5, 0.6) is 0 Å². The third kappa shape index (κ3) is 1.98. The summed E-state index contributed by atoms with van der Waals surface area (Å²) in [6.45, 7) is 1.75. The minimum atomic E-state index is -1.22. The van der Waals surface area contributed by atoms with Gasteiger partial charge in [-0.15, -0.1) is 0 Å². The van der Waals surface area contributed by atoms with Gasteiger partial charge in [0.15, 0.2) is 6.04 Å². The zero-order chi connectivity index (χ0) is 15.9. The molecule has 1 N–H and O–H groups in total. The number of anilines is 1. The Morgan fingerprint density at radius 2 is 1.73 bits per heavy atom. The molecule has 0 bridgehead atoms. The Labute approximate surface area is 126 Å². The Morgan fingerprint density at radius 3 is 2.36 bits per heavy atom. The van der Waals surface area contributed by atoms with E-state index in [4.69, 9.17) is 0 Å². The molecule has 0 aromatic heterocycles. The molecule has 1 unspecified atom stereocenters. The molecule has 0 radical (unpaired) electrons. The van der Waals surface area contributed by atoms with Gasteiger partial charge in [0, 0.05) is 0 Å². The Morgan fingerprint density at radius 1 is 1.05 bits per heavy atom. The quantitative estimate of drug-likeness (QED) is 0.882. The van der Waals surface area contributed by atoms with E-state index >= 15 is 0 Å². The first kappa shape index (κ1) is 14.0. The van der Waals surface area contributed by atoms with Crippen LogP contribution in [0, 0.1) is 6.92 Å². The monoisotopic (exact) mass is 295 g/mol. The lowest BCUT2D eigenvalue weighted by Crippen LogP contribution is -2.38. The highest BCUT2D eigenvalue weighted by atomic mass is 16.4. The second-order valence-corrected chi connectivity index (χ2v) is 5.13. The van der Waals surface area contributed by atoms with E-state index in [9.17, 15) is 19.5 Å². The molecule has 1 aliphatic heterocycles. The van der Waals surface area contributed by atoms with Gasteiger partial charge in [-0.2, -0.15) is 0 Å². The summed E-state index contributed by atoms with van der Waals surface area (Å²) in [5.41, 5.74) is 1.78. The minimum Gasteiger partial charge on any atom is -0.479 e. The van der Waals surface area contributed by atoms with Gasteiger partial charge in [-0.05, 0) is 24.1 Å². The molecular weight excluding hydrogens is 282 g/mol. The third-order valence-electron chi connectivity index (χ3n) is 3.74. The number of aliphatic carboxylic acids is 1. The van der Waals surface area contributed by atoms with Crippen molar-refractivity contribution in [2.45, 2.75) is 13.0 Å². The van der Waals surface area contributed by atoms with Gasteiger partial charge in [0.2, 0.25) is 0 Å². The van der Waals surface area contributed by atoms with E-state index < -0.39 is 23.7 Å². The predicted molar refractivity (Wildman–Crippen MR) is 79.8 cm³/mol. The van der Waals surface area contributed by atoms with Crippen LogP contribution in [0.4, 0.5) is 5.69 Å². The van der Waals surface area contributed by atoms with Crippen LogP contribution < -0.4 is 4.90 Å². The normalized spacial score (nSPS) is 14.9. The number of nitrogens with zero attached hydrogens (tertiary/aromatic N) is 1. The summed E-state index contributed by atoms with van der Waals surface area (Å²) in [6.07, 6.45) is 0. The number of amides is 1. The summed E-state index contributed by atoms with van der Waals surface area (Å²) in [5.74, 6) is -2.65. The lowest BCUT2D eigenvalue weighted by Gasteiger charge is -2.26. The molecule has 1 atom stereocenters. The summed E-state index contributed by atoms with van der Waals surface area (Å²) in [5, 5.41) is 9.60. The second kappa shape index (κ2) is 5.11. The molecule has 3 rings (SSSR count). The first-order valence-electron chi connectivity index (χ1n) is 6.77. The van der Waals surface area contributed by atoms with Crippen molar-refractivity contribution in [1.29, 1.82) is 0 Å². The van der Waals surface area contributed by atoms with Crippen LogP contribution in [-0.2, 0) is 9.59 Å². The highest BCUT2D eigenvalue weighted by Crippen LogP contribution is 2.38. The van der Waals surface area contributed by atoms with Crippen LogP contribution in [0.15, 0.2) is 48.5 Å². The summed E-state index contributed by atoms with van der Waals surface area (Å²) < 4.78 is 0. The van der Waals surface area contributed by atoms with Crippen LogP contribution >= 0.6 is 0 Å². The molecule has 0 saturated carbocycles. The van der Waals surface area contributed by atoms with Crippen molar-refractivity contribution >= 4 is 23.3 Å². The van der Waals surface area contributed by atoms with Gasteiger partial charge in [-0.1, -0.05) is 42.5 Å². The van der Waals surface area contributed by atoms with E-state index in [1.54, 1.807) is 55.5 Å². The number of hydrogen-bond donors (Lipinski definition) is 1. The Bertz CT molecular complexity index is 783. The summed E-state index contributed by atoms with van der Waals surface area (Å²) in [4.78, 5) is 37.3. The molecule has 5 nitrogen and oxygen atoms in total. The Balaban J connectivity index is 2.20. The number of fused-ring (bicyclic) bond motifs is 1. The van der Waals surface area contributed by atoms with Gasteiger partial charge < -0.3 is 5.11 Å². The largest absolute Gasteiger partial charge is 0.479 e. The highest BCUT2D eigenvalue weighted by molar-refractivity contribution is 6.53. The van der Waals surface area contributed by atoms with Crippen LogP contribution in [0.3, 0.4) is 0 Å². The van der Waals surface area contributed by atoms with Crippen molar-refractivity contribution in [3.05, 3.63) is 65.2 Å². The summed E-state index contributed by atoms with van der Waals surface area (Å²) >= 11 is 0. The lowest BCUT2D eigenvalue weighted by molar-refractivity contribution is -0.139. The first-order chi connectivity index (χ1) is 10.5. The average molecular weight is 295 g/mol. The summed E-state index contributed by atoms with van der Waals surface area (Å²) in [7, 11) is 0. The molecule has 0 fully saturated rings. The maximum atomic E-state index is 12.3. The molecule has 22 heavy (non-hydrogen) atoms. The Kier molecular flexibility index (Phi) is 3.25. The minimum absolute atomic E-state index is 0.257. The van der Waals surface area contributed by atoms with Crippen molar-refractivity contribution in [1.82, 2.24) is 0 Å². The maximum Gasteiger partial charge on any atom is 0.331 e. The number of para-hydroxylation sites is 1. The maximum absolute atomic E-state index is 12.3. The number of carboxylic acid groups (broad SMARTS) is 1. The number of carbonyl (C=O) groups excluding carboxylic acids is 2. The number of aryl methyl sites for hydroxylation is 1. The third-order valence-corrected chi connectivity index (χ3v) is 3.74. The van der Waals surface area contributed by atoms with Gasteiger partial charge in [0.25, 0.3) is 5.78 Å². The number of Topliss-reactive ketones (excluding diaryl/α,β-unsaturated/α-hetero) is 1. The molecule has 110 valence electrons. The molecule has 2 aromatic carbocycles. The van der Waals surface area contributed by atoms with E-state index in [-0.39, 0.29) is 5.56 Å². The van der Waals surface area contributed by atoms with Gasteiger partial charge in [0.1, 0.15) is 0 Å². The fourth-order valence-electron chi connectivity index (χ4n) is 2.77. The number of hydrogen-bond acceptors (Lipinski definition) is 3. The average Bonchev–Trinajstić information content (AvgIpc) is 2.75. The van der Waals surface area contributed by atoms with Gasteiger partial charge in [-0.3, -0.25) is 14.5 Å². The number of ketones is 1. The zero-order valence-electron chi connectivity index (χ0n) is 11.8.